The predicted molar refractivity (Wildman–Crippen MR) is 137 cm³/mol. The minimum Gasteiger partial charge on any atom is -0.397 e. The largest absolute Gasteiger partial charge is 0.397 e. The maximum atomic E-state index is 14.4. The van der Waals surface area contributed by atoms with Gasteiger partial charge in [0, 0.05) is 24.8 Å². The molecule has 1 heterocycles. The zero-order valence-electron chi connectivity index (χ0n) is 19.8. The van der Waals surface area contributed by atoms with E-state index in [4.69, 9.17) is 5.73 Å². The van der Waals surface area contributed by atoms with Crippen molar-refractivity contribution in [3.63, 3.8) is 0 Å². The van der Waals surface area contributed by atoms with Gasteiger partial charge in [0.1, 0.15) is 11.6 Å². The van der Waals surface area contributed by atoms with Crippen LogP contribution < -0.4 is 21.9 Å². The van der Waals surface area contributed by atoms with Gasteiger partial charge in [-0.05, 0) is 54.8 Å². The number of benzene rings is 3. The first-order chi connectivity index (χ1) is 17.8. The van der Waals surface area contributed by atoms with Crippen LogP contribution in [0.4, 0.5) is 20.2 Å². The summed E-state index contributed by atoms with van der Waals surface area (Å²) in [5.74, 6) is -2.07. The van der Waals surface area contributed by atoms with Crippen molar-refractivity contribution in [1.29, 1.82) is 0 Å². The van der Waals surface area contributed by atoms with E-state index in [1.165, 1.54) is 24.3 Å². The molecular formula is C27H25F2N5O3. The number of aromatic amines is 1. The molecule has 190 valence electrons. The van der Waals surface area contributed by atoms with Gasteiger partial charge in [-0.25, -0.2) is 13.9 Å². The van der Waals surface area contributed by atoms with Crippen LogP contribution in [0.15, 0.2) is 65.5 Å². The van der Waals surface area contributed by atoms with E-state index in [1.54, 1.807) is 30.3 Å². The number of nitrogen functional groups attached to an aromatic ring is 1. The molecule has 0 fully saturated rings. The van der Waals surface area contributed by atoms with Gasteiger partial charge in [-0.1, -0.05) is 24.3 Å². The molecule has 0 saturated carbocycles. The van der Waals surface area contributed by atoms with Crippen LogP contribution >= 0.6 is 0 Å². The first kappa shape index (κ1) is 25.5. The molecule has 10 heteroatoms. The molecule has 37 heavy (non-hydrogen) atoms. The van der Waals surface area contributed by atoms with Gasteiger partial charge in [0.25, 0.3) is 11.5 Å². The number of carbonyl (C=O) groups is 2. The Labute approximate surface area is 210 Å². The highest BCUT2D eigenvalue weighted by molar-refractivity contribution is 5.95. The Bertz CT molecular complexity index is 1520. The molecule has 3 aromatic carbocycles. The Morgan fingerprint density at radius 2 is 1.76 bits per heavy atom. The van der Waals surface area contributed by atoms with Gasteiger partial charge in [-0.2, -0.15) is 5.10 Å². The van der Waals surface area contributed by atoms with Crippen LogP contribution in [0.25, 0.3) is 10.8 Å². The Balaban J connectivity index is 1.30. The average Bonchev–Trinajstić information content (AvgIpc) is 2.88. The molecule has 4 aromatic rings. The molecule has 0 spiro atoms. The Hall–Kier alpha value is -4.60. The summed E-state index contributed by atoms with van der Waals surface area (Å²) >= 11 is 0. The van der Waals surface area contributed by atoms with Crippen LogP contribution in [0.5, 0.6) is 0 Å². The molecule has 2 amide bonds. The van der Waals surface area contributed by atoms with Crippen LogP contribution in [0.2, 0.25) is 0 Å². The molecule has 0 aliphatic rings. The molecule has 0 unspecified atom stereocenters. The number of amides is 2. The SMILES string of the molecule is Nc1ccc(F)cc1NC(=O)CCCCNC(=O)c1cc(Cc2n[nH]c(=O)c3ccccc23)ccc1F. The van der Waals surface area contributed by atoms with Crippen molar-refractivity contribution in [2.24, 2.45) is 0 Å². The summed E-state index contributed by atoms with van der Waals surface area (Å²) in [7, 11) is 0. The van der Waals surface area contributed by atoms with E-state index < -0.39 is 17.5 Å². The topological polar surface area (TPSA) is 130 Å². The summed E-state index contributed by atoms with van der Waals surface area (Å²) in [6.45, 7) is 0.240. The van der Waals surface area contributed by atoms with Gasteiger partial charge in [0.15, 0.2) is 0 Å². The second kappa shape index (κ2) is 11.4. The zero-order chi connectivity index (χ0) is 26.4. The lowest BCUT2D eigenvalue weighted by atomic mass is 10.0. The molecule has 4 rings (SSSR count). The van der Waals surface area contributed by atoms with Crippen LogP contribution in [0.3, 0.4) is 0 Å². The number of halogens is 2. The van der Waals surface area contributed by atoms with Gasteiger partial charge >= 0.3 is 0 Å². The van der Waals surface area contributed by atoms with Crippen LogP contribution in [0.1, 0.15) is 40.9 Å². The number of aromatic nitrogens is 2. The summed E-state index contributed by atoms with van der Waals surface area (Å²) in [5.41, 5.74) is 7.05. The third kappa shape index (κ3) is 6.35. The predicted octanol–water partition coefficient (Wildman–Crippen LogP) is 3.91. The van der Waals surface area contributed by atoms with E-state index in [0.717, 1.165) is 6.07 Å². The minimum absolute atomic E-state index is 0.106. The van der Waals surface area contributed by atoms with Crippen LogP contribution in [0, 0.1) is 11.6 Å². The van der Waals surface area contributed by atoms with Crippen molar-refractivity contribution in [3.8, 4) is 0 Å². The molecule has 0 saturated heterocycles. The highest BCUT2D eigenvalue weighted by atomic mass is 19.1. The maximum absolute atomic E-state index is 14.4. The molecule has 8 nitrogen and oxygen atoms in total. The third-order valence-corrected chi connectivity index (χ3v) is 5.83. The number of hydrogen-bond donors (Lipinski definition) is 4. The molecule has 1 aromatic heterocycles. The number of anilines is 2. The van der Waals surface area contributed by atoms with Crippen molar-refractivity contribution in [2.45, 2.75) is 25.7 Å². The second-order valence-electron chi connectivity index (χ2n) is 8.53. The molecule has 0 bridgehead atoms. The van der Waals surface area contributed by atoms with Gasteiger partial charge in [0.05, 0.1) is 28.0 Å². The summed E-state index contributed by atoms with van der Waals surface area (Å²) < 4.78 is 27.7. The van der Waals surface area contributed by atoms with Crippen molar-refractivity contribution in [2.75, 3.05) is 17.6 Å². The van der Waals surface area contributed by atoms with E-state index in [2.05, 4.69) is 20.8 Å². The molecule has 0 radical (unpaired) electrons. The molecule has 0 aliphatic heterocycles. The van der Waals surface area contributed by atoms with E-state index >= 15 is 0 Å². The van der Waals surface area contributed by atoms with E-state index in [1.807, 2.05) is 0 Å². The fraction of sp³-hybridized carbons (Fsp3) is 0.185. The second-order valence-corrected chi connectivity index (χ2v) is 8.53. The van der Waals surface area contributed by atoms with Crippen molar-refractivity contribution < 1.29 is 18.4 Å². The highest BCUT2D eigenvalue weighted by Gasteiger charge is 2.14. The van der Waals surface area contributed by atoms with E-state index in [9.17, 15) is 23.2 Å². The molecular weight excluding hydrogens is 480 g/mol. The Morgan fingerprint density at radius 1 is 0.973 bits per heavy atom. The lowest BCUT2D eigenvalue weighted by Crippen LogP contribution is -2.26. The fourth-order valence-electron chi connectivity index (χ4n) is 3.91. The van der Waals surface area contributed by atoms with Crippen LogP contribution in [-0.4, -0.2) is 28.6 Å². The Kier molecular flexibility index (Phi) is 7.87. The fourth-order valence-corrected chi connectivity index (χ4v) is 3.91. The smallest absolute Gasteiger partial charge is 0.272 e. The van der Waals surface area contributed by atoms with Crippen molar-refractivity contribution in [1.82, 2.24) is 15.5 Å². The number of rotatable bonds is 9. The standard InChI is InChI=1S/C27H25F2N5O3/c28-17-9-11-22(30)24(15-17)32-25(35)7-3-4-12-31-26(36)20-13-16(8-10-21(20)29)14-23-18-5-1-2-6-19(18)27(37)34-33-23/h1-2,5-6,8-11,13,15H,3-4,7,12,14,30H2,(H,31,36)(H,32,35)(H,34,37). The van der Waals surface area contributed by atoms with Gasteiger partial charge in [-0.15, -0.1) is 0 Å². The average molecular weight is 506 g/mol. The molecule has 5 N–H and O–H groups in total. The summed E-state index contributed by atoms with van der Waals surface area (Å²) in [5, 5.41) is 13.0. The minimum atomic E-state index is -0.660. The number of nitrogens with two attached hydrogens (primary N) is 1. The number of H-pyrrole nitrogens is 1. The number of carbonyl (C=O) groups excluding carboxylic acids is 2. The number of fused-ring (bicyclic) bond motifs is 1. The first-order valence-corrected chi connectivity index (χ1v) is 11.7. The quantitative estimate of drug-likeness (QED) is 0.202. The van der Waals surface area contributed by atoms with E-state index in [0.29, 0.717) is 41.3 Å². The number of nitrogens with one attached hydrogen (secondary N) is 3. The lowest BCUT2D eigenvalue weighted by molar-refractivity contribution is -0.116. The lowest BCUT2D eigenvalue weighted by Gasteiger charge is -2.10. The van der Waals surface area contributed by atoms with Crippen LogP contribution in [-0.2, 0) is 11.2 Å². The molecule has 0 atom stereocenters. The number of nitrogens with zero attached hydrogens (tertiary/aromatic N) is 1. The summed E-state index contributed by atoms with van der Waals surface area (Å²) in [4.78, 5) is 36.7. The van der Waals surface area contributed by atoms with Crippen molar-refractivity contribution in [3.05, 3.63) is 99.5 Å². The number of unbranched alkanes of at least 4 members (excludes halogenated alkanes) is 1. The maximum Gasteiger partial charge on any atom is 0.272 e. The normalized spacial score (nSPS) is 10.9. The van der Waals surface area contributed by atoms with E-state index in [-0.39, 0.29) is 41.4 Å². The monoisotopic (exact) mass is 505 g/mol. The zero-order valence-corrected chi connectivity index (χ0v) is 19.8. The third-order valence-electron chi connectivity index (χ3n) is 5.83. The Morgan fingerprint density at radius 3 is 2.57 bits per heavy atom. The summed E-state index contributed by atoms with van der Waals surface area (Å²) in [6, 6.07) is 15.0. The van der Waals surface area contributed by atoms with Gasteiger partial charge in [-0.3, -0.25) is 14.4 Å². The highest BCUT2D eigenvalue weighted by Crippen LogP contribution is 2.20. The van der Waals surface area contributed by atoms with Gasteiger partial charge < -0.3 is 16.4 Å². The van der Waals surface area contributed by atoms with Crippen molar-refractivity contribution >= 4 is 34.0 Å². The van der Waals surface area contributed by atoms with Gasteiger partial charge in [0.2, 0.25) is 5.91 Å². The first-order valence-electron chi connectivity index (χ1n) is 11.7. The number of hydrogen-bond acceptors (Lipinski definition) is 5. The molecule has 0 aliphatic carbocycles. The summed E-state index contributed by atoms with van der Waals surface area (Å²) in [6.07, 6.45) is 1.37.